The third-order valence-corrected chi connectivity index (χ3v) is 2.25. The number of nitrogens with two attached hydrogens (primary N) is 1. The van der Waals surface area contributed by atoms with Gasteiger partial charge < -0.3 is 15.7 Å². The van der Waals surface area contributed by atoms with E-state index in [4.69, 9.17) is 10.8 Å². The Morgan fingerprint density at radius 2 is 2.12 bits per heavy atom. The van der Waals surface area contributed by atoms with E-state index >= 15 is 0 Å². The second-order valence-electron chi connectivity index (χ2n) is 3.62. The molecule has 16 heavy (non-hydrogen) atoms. The maximum Gasteiger partial charge on any atom is 0.255 e. The molecular weight excluding hydrogens is 214 g/mol. The number of aliphatic hydroxyl groups excluding tert-OH is 1. The first-order chi connectivity index (χ1) is 7.54. The molecule has 1 aromatic rings. The first-order valence-corrected chi connectivity index (χ1v) is 5.04. The monoisotopic (exact) mass is 230 g/mol. The molecule has 0 spiro atoms. The number of hydrogen-bond donors (Lipinski definition) is 2. The lowest BCUT2D eigenvalue weighted by Crippen LogP contribution is -2.32. The topological polar surface area (TPSA) is 49.5 Å². The molecule has 1 aromatic carbocycles. The lowest BCUT2D eigenvalue weighted by Gasteiger charge is -2.25. The number of aliphatic hydroxyl groups is 1. The molecule has 0 aliphatic heterocycles. The maximum absolute atomic E-state index is 12.3. The second-order valence-corrected chi connectivity index (χ2v) is 3.62. The lowest BCUT2D eigenvalue weighted by atomic mass is 10.2. The summed E-state index contributed by atoms with van der Waals surface area (Å²) in [6, 6.07) is 5.23. The van der Waals surface area contributed by atoms with Crippen LogP contribution in [0.4, 0.5) is 20.2 Å². The molecular formula is C11H16F2N2O. The summed E-state index contributed by atoms with van der Waals surface area (Å²) in [5, 5.41) is 8.83. The molecule has 0 heterocycles. The van der Waals surface area contributed by atoms with Gasteiger partial charge in [0.25, 0.3) is 6.43 Å². The highest BCUT2D eigenvalue weighted by molar-refractivity contribution is 5.68. The van der Waals surface area contributed by atoms with Crippen molar-refractivity contribution in [1.82, 2.24) is 0 Å². The van der Waals surface area contributed by atoms with Gasteiger partial charge in [0.05, 0.1) is 24.5 Å². The van der Waals surface area contributed by atoms with E-state index in [-0.39, 0.29) is 13.2 Å². The predicted octanol–water partition coefficient (Wildman–Crippen LogP) is 1.64. The van der Waals surface area contributed by atoms with Crippen molar-refractivity contribution in [3.8, 4) is 0 Å². The highest BCUT2D eigenvalue weighted by Crippen LogP contribution is 2.24. The maximum atomic E-state index is 12.3. The number of halogens is 2. The fourth-order valence-electron chi connectivity index (χ4n) is 1.56. The SMILES string of the molecule is Cc1ccc(N(CCO)CC(F)F)c(N)c1. The highest BCUT2D eigenvalue weighted by atomic mass is 19.3. The quantitative estimate of drug-likeness (QED) is 0.756. The standard InChI is InChI=1S/C11H16F2N2O/c1-8-2-3-10(9(14)6-8)15(4-5-16)7-11(12)13/h2-3,6,11,16H,4-5,7,14H2,1H3. The Bertz CT molecular complexity index is 345. The summed E-state index contributed by atoms with van der Waals surface area (Å²) in [7, 11) is 0. The Morgan fingerprint density at radius 3 is 2.62 bits per heavy atom. The molecule has 0 aromatic heterocycles. The van der Waals surface area contributed by atoms with E-state index < -0.39 is 13.0 Å². The number of benzene rings is 1. The Balaban J connectivity index is 2.91. The van der Waals surface area contributed by atoms with Crippen LogP contribution in [0, 0.1) is 6.92 Å². The number of nitrogen functional groups attached to an aromatic ring is 1. The largest absolute Gasteiger partial charge is 0.397 e. The number of anilines is 2. The summed E-state index contributed by atoms with van der Waals surface area (Å²) < 4.78 is 24.7. The molecule has 5 heteroatoms. The Labute approximate surface area is 93.5 Å². The van der Waals surface area contributed by atoms with Crippen LogP contribution in [0.1, 0.15) is 5.56 Å². The molecule has 0 radical (unpaired) electrons. The summed E-state index contributed by atoms with van der Waals surface area (Å²) in [6.45, 7) is 1.43. The summed E-state index contributed by atoms with van der Waals surface area (Å²) in [5.74, 6) is 0. The normalized spacial score (nSPS) is 10.8. The van der Waals surface area contributed by atoms with E-state index in [1.807, 2.05) is 13.0 Å². The van der Waals surface area contributed by atoms with Gasteiger partial charge in [0.15, 0.2) is 0 Å². The molecule has 0 aliphatic rings. The van der Waals surface area contributed by atoms with Crippen molar-refractivity contribution >= 4 is 11.4 Å². The first-order valence-electron chi connectivity index (χ1n) is 5.04. The average molecular weight is 230 g/mol. The van der Waals surface area contributed by atoms with Crippen LogP contribution < -0.4 is 10.6 Å². The smallest absolute Gasteiger partial charge is 0.255 e. The van der Waals surface area contributed by atoms with Crippen LogP contribution in [0.2, 0.25) is 0 Å². The van der Waals surface area contributed by atoms with Gasteiger partial charge in [-0.1, -0.05) is 6.07 Å². The molecule has 3 nitrogen and oxygen atoms in total. The van der Waals surface area contributed by atoms with Crippen molar-refractivity contribution < 1.29 is 13.9 Å². The Hall–Kier alpha value is -1.36. The third kappa shape index (κ3) is 3.34. The number of hydrogen-bond acceptors (Lipinski definition) is 3. The number of nitrogens with zero attached hydrogens (tertiary/aromatic N) is 1. The van der Waals surface area contributed by atoms with Crippen LogP contribution in [0.3, 0.4) is 0 Å². The lowest BCUT2D eigenvalue weighted by molar-refractivity contribution is 0.153. The van der Waals surface area contributed by atoms with Gasteiger partial charge in [0, 0.05) is 6.54 Å². The van der Waals surface area contributed by atoms with Gasteiger partial charge in [0.2, 0.25) is 0 Å². The van der Waals surface area contributed by atoms with Crippen molar-refractivity contribution in [1.29, 1.82) is 0 Å². The van der Waals surface area contributed by atoms with Crippen LogP contribution in [-0.4, -0.2) is 31.2 Å². The van der Waals surface area contributed by atoms with Crippen molar-refractivity contribution in [2.45, 2.75) is 13.3 Å². The summed E-state index contributed by atoms with van der Waals surface area (Å²) >= 11 is 0. The van der Waals surface area contributed by atoms with E-state index in [0.29, 0.717) is 11.4 Å². The van der Waals surface area contributed by atoms with Crippen LogP contribution in [0.15, 0.2) is 18.2 Å². The van der Waals surface area contributed by atoms with Crippen molar-refractivity contribution in [2.24, 2.45) is 0 Å². The summed E-state index contributed by atoms with van der Waals surface area (Å²) in [5.41, 5.74) is 7.73. The second kappa shape index (κ2) is 5.65. The molecule has 0 amide bonds. The molecule has 1 rings (SSSR count). The molecule has 3 N–H and O–H groups in total. The molecule has 90 valence electrons. The fourth-order valence-corrected chi connectivity index (χ4v) is 1.56. The summed E-state index contributed by atoms with van der Waals surface area (Å²) in [6.07, 6.45) is -2.45. The summed E-state index contributed by atoms with van der Waals surface area (Å²) in [4.78, 5) is 1.39. The Morgan fingerprint density at radius 1 is 1.44 bits per heavy atom. The van der Waals surface area contributed by atoms with Crippen molar-refractivity contribution in [3.05, 3.63) is 23.8 Å². The molecule has 0 unspecified atom stereocenters. The van der Waals surface area contributed by atoms with Gasteiger partial charge in [0.1, 0.15) is 0 Å². The van der Waals surface area contributed by atoms with E-state index in [2.05, 4.69) is 0 Å². The number of aryl methyl sites for hydroxylation is 1. The zero-order chi connectivity index (χ0) is 12.1. The zero-order valence-electron chi connectivity index (χ0n) is 9.16. The predicted molar refractivity (Wildman–Crippen MR) is 60.9 cm³/mol. The van der Waals surface area contributed by atoms with Crippen LogP contribution in [0.5, 0.6) is 0 Å². The molecule has 0 fully saturated rings. The molecule has 0 saturated carbocycles. The van der Waals surface area contributed by atoms with E-state index in [0.717, 1.165) is 5.56 Å². The Kier molecular flexibility index (Phi) is 4.49. The van der Waals surface area contributed by atoms with Crippen molar-refractivity contribution in [2.75, 3.05) is 30.3 Å². The van der Waals surface area contributed by atoms with Crippen LogP contribution >= 0.6 is 0 Å². The number of alkyl halides is 2. The minimum absolute atomic E-state index is 0.150. The zero-order valence-corrected chi connectivity index (χ0v) is 9.16. The van der Waals surface area contributed by atoms with Gasteiger partial charge in [-0.05, 0) is 24.6 Å². The molecule has 0 saturated heterocycles. The van der Waals surface area contributed by atoms with Gasteiger partial charge in [-0.2, -0.15) is 0 Å². The molecule has 0 aliphatic carbocycles. The van der Waals surface area contributed by atoms with Gasteiger partial charge >= 0.3 is 0 Å². The van der Waals surface area contributed by atoms with Gasteiger partial charge in [-0.15, -0.1) is 0 Å². The van der Waals surface area contributed by atoms with Gasteiger partial charge in [-0.25, -0.2) is 8.78 Å². The highest BCUT2D eigenvalue weighted by Gasteiger charge is 2.14. The van der Waals surface area contributed by atoms with Crippen molar-refractivity contribution in [3.63, 3.8) is 0 Å². The minimum atomic E-state index is -2.45. The molecule has 0 bridgehead atoms. The minimum Gasteiger partial charge on any atom is -0.397 e. The van der Waals surface area contributed by atoms with Crippen LogP contribution in [0.25, 0.3) is 0 Å². The first kappa shape index (κ1) is 12.7. The fraction of sp³-hybridized carbons (Fsp3) is 0.455. The van der Waals surface area contributed by atoms with Gasteiger partial charge in [-0.3, -0.25) is 0 Å². The van der Waals surface area contributed by atoms with Crippen LogP contribution in [-0.2, 0) is 0 Å². The van der Waals surface area contributed by atoms with E-state index in [1.165, 1.54) is 4.90 Å². The van der Waals surface area contributed by atoms with E-state index in [1.54, 1.807) is 12.1 Å². The average Bonchev–Trinajstić information content (AvgIpc) is 2.16. The third-order valence-electron chi connectivity index (χ3n) is 2.25. The molecule has 0 atom stereocenters. The van der Waals surface area contributed by atoms with E-state index in [9.17, 15) is 8.78 Å². The number of rotatable bonds is 5.